The Morgan fingerprint density at radius 3 is 2.59 bits per heavy atom. The summed E-state index contributed by atoms with van der Waals surface area (Å²) in [6.07, 6.45) is 2.57. The number of carbonyl (C=O) groups is 1. The summed E-state index contributed by atoms with van der Waals surface area (Å²) in [6.45, 7) is 2.70. The average Bonchev–Trinajstić information content (AvgIpc) is 2.94. The average molecular weight is 389 g/mol. The largest absolute Gasteiger partial charge is 0.619 e. The fourth-order valence-corrected chi connectivity index (χ4v) is 3.49. The van der Waals surface area contributed by atoms with Crippen LogP contribution in [0.1, 0.15) is 27.6 Å². The molecular formula is C23H23N3O3. The minimum Gasteiger partial charge on any atom is -0.619 e. The molecule has 1 unspecified atom stereocenters. The van der Waals surface area contributed by atoms with Gasteiger partial charge in [0.2, 0.25) is 0 Å². The van der Waals surface area contributed by atoms with Crippen LogP contribution in [0.3, 0.4) is 0 Å². The van der Waals surface area contributed by atoms with E-state index < -0.39 is 0 Å². The van der Waals surface area contributed by atoms with Gasteiger partial charge in [-0.25, -0.2) is 0 Å². The van der Waals surface area contributed by atoms with Gasteiger partial charge in [-0.3, -0.25) is 9.69 Å². The summed E-state index contributed by atoms with van der Waals surface area (Å²) in [6, 6.07) is 21.3. The lowest BCUT2D eigenvalue weighted by Gasteiger charge is -2.24. The molecule has 3 aromatic rings. The van der Waals surface area contributed by atoms with Gasteiger partial charge in [-0.2, -0.15) is 4.73 Å². The van der Waals surface area contributed by atoms with E-state index in [4.69, 9.17) is 4.74 Å². The van der Waals surface area contributed by atoms with E-state index in [1.54, 1.807) is 0 Å². The molecule has 6 nitrogen and oxygen atoms in total. The maximum absolute atomic E-state index is 12.3. The summed E-state index contributed by atoms with van der Waals surface area (Å²) in [5, 5.41) is 14.0. The zero-order chi connectivity index (χ0) is 20.1. The van der Waals surface area contributed by atoms with Crippen molar-refractivity contribution in [2.45, 2.75) is 12.6 Å². The molecule has 29 heavy (non-hydrogen) atoms. The SMILES string of the molecule is O=C(NCCN1Cc2ccccc2OC(c2ccccc2)C1)c1cc[n+]([O-])cc1. The highest BCUT2D eigenvalue weighted by atomic mass is 16.5. The Balaban J connectivity index is 1.43. The van der Waals surface area contributed by atoms with E-state index in [1.165, 1.54) is 24.5 Å². The minimum absolute atomic E-state index is 0.0721. The van der Waals surface area contributed by atoms with E-state index in [2.05, 4.69) is 28.4 Å². The Bertz CT molecular complexity index is 961. The number of carbonyl (C=O) groups excluding carboxylic acids is 1. The van der Waals surface area contributed by atoms with Crippen molar-refractivity contribution in [3.8, 4) is 5.75 Å². The summed E-state index contributed by atoms with van der Waals surface area (Å²) in [5.41, 5.74) is 2.75. The third-order valence-corrected chi connectivity index (χ3v) is 5.01. The number of pyridine rings is 1. The number of nitrogens with zero attached hydrogens (tertiary/aromatic N) is 2. The Labute approximate surface area is 169 Å². The molecule has 1 N–H and O–H groups in total. The number of ether oxygens (including phenoxy) is 1. The Morgan fingerprint density at radius 1 is 1.07 bits per heavy atom. The number of benzene rings is 2. The second-order valence-electron chi connectivity index (χ2n) is 7.06. The normalized spacial score (nSPS) is 16.3. The van der Waals surface area contributed by atoms with Crippen LogP contribution in [0.4, 0.5) is 0 Å². The van der Waals surface area contributed by atoms with E-state index in [0.717, 1.165) is 30.0 Å². The van der Waals surface area contributed by atoms with Gasteiger partial charge in [0.1, 0.15) is 11.9 Å². The lowest BCUT2D eigenvalue weighted by molar-refractivity contribution is -0.605. The van der Waals surface area contributed by atoms with Crippen molar-refractivity contribution >= 4 is 5.91 Å². The molecular weight excluding hydrogens is 366 g/mol. The molecule has 1 amide bonds. The highest BCUT2D eigenvalue weighted by Gasteiger charge is 2.24. The topological polar surface area (TPSA) is 68.5 Å². The van der Waals surface area contributed by atoms with Crippen molar-refractivity contribution in [3.05, 3.63) is 101 Å². The fraction of sp³-hybridized carbons (Fsp3) is 0.217. The van der Waals surface area contributed by atoms with Crippen LogP contribution in [0, 0.1) is 5.21 Å². The number of nitrogens with one attached hydrogen (secondary N) is 1. The smallest absolute Gasteiger partial charge is 0.251 e. The molecule has 6 heteroatoms. The number of aromatic nitrogens is 1. The first kappa shape index (κ1) is 19.0. The first-order valence-corrected chi connectivity index (χ1v) is 9.68. The number of amides is 1. The van der Waals surface area contributed by atoms with Gasteiger partial charge in [-0.15, -0.1) is 0 Å². The van der Waals surface area contributed by atoms with Gasteiger partial charge in [0.15, 0.2) is 12.4 Å². The monoisotopic (exact) mass is 389 g/mol. The zero-order valence-electron chi connectivity index (χ0n) is 16.0. The second-order valence-corrected chi connectivity index (χ2v) is 7.06. The number of para-hydroxylation sites is 1. The van der Waals surface area contributed by atoms with Crippen molar-refractivity contribution in [1.29, 1.82) is 0 Å². The molecule has 4 rings (SSSR count). The van der Waals surface area contributed by atoms with Crippen LogP contribution in [-0.4, -0.2) is 30.4 Å². The predicted molar refractivity (Wildman–Crippen MR) is 109 cm³/mol. The number of rotatable bonds is 5. The van der Waals surface area contributed by atoms with Crippen molar-refractivity contribution < 1.29 is 14.3 Å². The standard InChI is InChI=1S/C23H23N3O3/c27-23(19-10-13-26(28)14-11-19)24-12-15-25-16-20-8-4-5-9-21(20)29-22(17-25)18-6-2-1-3-7-18/h1-11,13-14,22H,12,15-17H2,(H,24,27). The maximum Gasteiger partial charge on any atom is 0.251 e. The third-order valence-electron chi connectivity index (χ3n) is 5.01. The quantitative estimate of drug-likeness (QED) is 0.538. The summed E-state index contributed by atoms with van der Waals surface area (Å²) >= 11 is 0. The first-order chi connectivity index (χ1) is 14.2. The van der Waals surface area contributed by atoms with Crippen LogP contribution >= 0.6 is 0 Å². The maximum atomic E-state index is 12.3. The van der Waals surface area contributed by atoms with E-state index in [0.29, 0.717) is 23.4 Å². The van der Waals surface area contributed by atoms with Crippen LogP contribution < -0.4 is 14.8 Å². The van der Waals surface area contributed by atoms with Crippen molar-refractivity contribution in [1.82, 2.24) is 10.2 Å². The van der Waals surface area contributed by atoms with Crippen LogP contribution in [0.5, 0.6) is 5.75 Å². The van der Waals surface area contributed by atoms with Gasteiger partial charge < -0.3 is 15.3 Å². The molecule has 2 aromatic carbocycles. The van der Waals surface area contributed by atoms with Gasteiger partial charge in [0.25, 0.3) is 5.91 Å². The highest BCUT2D eigenvalue weighted by molar-refractivity contribution is 5.93. The second kappa shape index (κ2) is 8.75. The molecule has 2 heterocycles. The molecule has 0 bridgehead atoms. The molecule has 0 fully saturated rings. The van der Waals surface area contributed by atoms with Gasteiger partial charge in [-0.05, 0) is 11.6 Å². The zero-order valence-corrected chi connectivity index (χ0v) is 16.0. The van der Waals surface area contributed by atoms with E-state index >= 15 is 0 Å². The van der Waals surface area contributed by atoms with Gasteiger partial charge >= 0.3 is 0 Å². The number of fused-ring (bicyclic) bond motifs is 1. The molecule has 1 aromatic heterocycles. The third kappa shape index (κ3) is 4.73. The predicted octanol–water partition coefficient (Wildman–Crippen LogP) is 2.69. The molecule has 0 aliphatic carbocycles. The summed E-state index contributed by atoms with van der Waals surface area (Å²) in [7, 11) is 0. The van der Waals surface area contributed by atoms with E-state index in [-0.39, 0.29) is 12.0 Å². The Hall–Kier alpha value is -3.38. The van der Waals surface area contributed by atoms with Gasteiger partial charge in [0.05, 0.1) is 5.56 Å². The first-order valence-electron chi connectivity index (χ1n) is 9.68. The van der Waals surface area contributed by atoms with Crippen molar-refractivity contribution in [2.24, 2.45) is 0 Å². The summed E-state index contributed by atoms with van der Waals surface area (Å²) in [4.78, 5) is 14.6. The lowest BCUT2D eigenvalue weighted by atomic mass is 10.1. The number of hydrogen-bond donors (Lipinski definition) is 1. The number of hydrogen-bond acceptors (Lipinski definition) is 4. The van der Waals surface area contributed by atoms with E-state index in [1.807, 2.05) is 36.4 Å². The van der Waals surface area contributed by atoms with Crippen molar-refractivity contribution in [3.63, 3.8) is 0 Å². The molecule has 1 atom stereocenters. The van der Waals surface area contributed by atoms with E-state index in [9.17, 15) is 10.0 Å². The fourth-order valence-electron chi connectivity index (χ4n) is 3.49. The minimum atomic E-state index is -0.184. The molecule has 0 spiro atoms. The van der Waals surface area contributed by atoms with Crippen LogP contribution in [0.2, 0.25) is 0 Å². The Kier molecular flexibility index (Phi) is 5.72. The highest BCUT2D eigenvalue weighted by Crippen LogP contribution is 2.30. The molecule has 1 aliphatic rings. The molecule has 0 saturated heterocycles. The lowest BCUT2D eigenvalue weighted by Crippen LogP contribution is -2.36. The molecule has 1 aliphatic heterocycles. The molecule has 0 radical (unpaired) electrons. The molecule has 0 saturated carbocycles. The van der Waals surface area contributed by atoms with Crippen molar-refractivity contribution in [2.75, 3.05) is 19.6 Å². The van der Waals surface area contributed by atoms with Crippen LogP contribution in [-0.2, 0) is 6.54 Å². The molecule has 148 valence electrons. The van der Waals surface area contributed by atoms with Crippen LogP contribution in [0.15, 0.2) is 79.1 Å². The van der Waals surface area contributed by atoms with Crippen LogP contribution in [0.25, 0.3) is 0 Å². The summed E-state index contributed by atoms with van der Waals surface area (Å²) < 4.78 is 6.98. The summed E-state index contributed by atoms with van der Waals surface area (Å²) in [5.74, 6) is 0.722. The Morgan fingerprint density at radius 2 is 1.79 bits per heavy atom. The van der Waals surface area contributed by atoms with Gasteiger partial charge in [-0.1, -0.05) is 48.5 Å². The van der Waals surface area contributed by atoms with Gasteiger partial charge in [0, 0.05) is 43.9 Å².